The molecule has 1 aliphatic heterocycles. The first-order valence-electron chi connectivity index (χ1n) is 5.38. The van der Waals surface area contributed by atoms with Crippen LogP contribution in [0.5, 0.6) is 0 Å². The van der Waals surface area contributed by atoms with Crippen LogP contribution >= 0.6 is 0 Å². The zero-order valence-electron chi connectivity index (χ0n) is 10.1. The summed E-state index contributed by atoms with van der Waals surface area (Å²) in [7, 11) is -6.90. The maximum absolute atomic E-state index is 12.1. The van der Waals surface area contributed by atoms with Gasteiger partial charge < -0.3 is 0 Å². The minimum atomic E-state index is -3.75. The molecule has 2 N–H and O–H groups in total. The van der Waals surface area contributed by atoms with E-state index in [9.17, 15) is 16.8 Å². The third-order valence-corrected chi connectivity index (χ3v) is 6.61. The SMILES string of the molecule is Cc1[nH]ncc1S(=O)(=O)NC1(C)CCS(=O)(=O)C1. The lowest BCUT2D eigenvalue weighted by Crippen LogP contribution is -2.46. The van der Waals surface area contributed by atoms with Gasteiger partial charge in [0.1, 0.15) is 4.90 Å². The molecular weight excluding hydrogens is 278 g/mol. The van der Waals surface area contributed by atoms with Gasteiger partial charge in [0.05, 0.1) is 23.4 Å². The Morgan fingerprint density at radius 3 is 2.61 bits per heavy atom. The van der Waals surface area contributed by atoms with E-state index in [1.807, 2.05) is 0 Å². The summed E-state index contributed by atoms with van der Waals surface area (Å²) in [6.07, 6.45) is 1.50. The van der Waals surface area contributed by atoms with Crippen molar-refractivity contribution in [2.24, 2.45) is 0 Å². The summed E-state index contributed by atoms with van der Waals surface area (Å²) in [5.41, 5.74) is -0.520. The lowest BCUT2D eigenvalue weighted by molar-refractivity contribution is 0.461. The van der Waals surface area contributed by atoms with E-state index in [2.05, 4.69) is 14.9 Å². The van der Waals surface area contributed by atoms with E-state index >= 15 is 0 Å². The molecule has 9 heteroatoms. The van der Waals surface area contributed by atoms with E-state index in [1.54, 1.807) is 13.8 Å². The predicted molar refractivity (Wildman–Crippen MR) is 65.3 cm³/mol. The zero-order chi connectivity index (χ0) is 13.6. The van der Waals surface area contributed by atoms with Gasteiger partial charge in [-0.15, -0.1) is 0 Å². The number of rotatable bonds is 3. The molecular formula is C9H15N3O4S2. The maximum Gasteiger partial charge on any atom is 0.244 e. The summed E-state index contributed by atoms with van der Waals surface area (Å²) in [6.45, 7) is 3.19. The van der Waals surface area contributed by atoms with Gasteiger partial charge in [-0.1, -0.05) is 0 Å². The van der Waals surface area contributed by atoms with E-state index in [0.29, 0.717) is 5.69 Å². The molecule has 1 saturated heterocycles. The summed E-state index contributed by atoms with van der Waals surface area (Å²) in [5, 5.41) is 6.19. The first-order valence-corrected chi connectivity index (χ1v) is 8.68. The average Bonchev–Trinajstić information content (AvgIpc) is 2.70. The van der Waals surface area contributed by atoms with Crippen LogP contribution in [-0.2, 0) is 19.9 Å². The zero-order valence-corrected chi connectivity index (χ0v) is 11.7. The molecule has 1 aliphatic rings. The van der Waals surface area contributed by atoms with Crippen molar-refractivity contribution in [1.82, 2.24) is 14.9 Å². The Balaban J connectivity index is 2.28. The molecule has 0 radical (unpaired) electrons. The van der Waals surface area contributed by atoms with Gasteiger partial charge in [0.2, 0.25) is 10.0 Å². The highest BCUT2D eigenvalue weighted by molar-refractivity contribution is 7.92. The largest absolute Gasteiger partial charge is 0.281 e. The molecule has 1 atom stereocenters. The smallest absolute Gasteiger partial charge is 0.244 e. The molecule has 0 aromatic carbocycles. The molecule has 0 saturated carbocycles. The molecule has 2 heterocycles. The molecule has 18 heavy (non-hydrogen) atoms. The molecule has 102 valence electrons. The van der Waals surface area contributed by atoms with Crippen LogP contribution in [0.4, 0.5) is 0 Å². The first-order chi connectivity index (χ1) is 8.14. The van der Waals surface area contributed by atoms with Crippen molar-refractivity contribution in [3.05, 3.63) is 11.9 Å². The standard InChI is InChI=1S/C9H15N3O4S2/c1-7-8(5-10-11-7)18(15,16)12-9(2)3-4-17(13,14)6-9/h5,12H,3-4,6H2,1-2H3,(H,10,11). The molecule has 1 unspecified atom stereocenters. The average molecular weight is 293 g/mol. The Kier molecular flexibility index (Phi) is 3.03. The van der Waals surface area contributed by atoms with Gasteiger partial charge in [0, 0.05) is 5.54 Å². The molecule has 1 fully saturated rings. The first kappa shape index (κ1) is 13.5. The molecule has 0 aliphatic carbocycles. The number of hydrogen-bond acceptors (Lipinski definition) is 5. The number of aromatic nitrogens is 2. The summed E-state index contributed by atoms with van der Waals surface area (Å²) < 4.78 is 49.6. The summed E-state index contributed by atoms with van der Waals surface area (Å²) in [5.74, 6) is -0.160. The van der Waals surface area contributed by atoms with Gasteiger partial charge >= 0.3 is 0 Å². The van der Waals surface area contributed by atoms with Crippen molar-refractivity contribution < 1.29 is 16.8 Å². The van der Waals surface area contributed by atoms with E-state index in [-0.39, 0.29) is 22.8 Å². The van der Waals surface area contributed by atoms with Crippen LogP contribution in [0.15, 0.2) is 11.1 Å². The number of hydrogen-bond donors (Lipinski definition) is 2. The number of nitrogens with one attached hydrogen (secondary N) is 2. The number of aryl methyl sites for hydroxylation is 1. The van der Waals surface area contributed by atoms with Crippen LogP contribution in [-0.4, -0.2) is 44.1 Å². The van der Waals surface area contributed by atoms with Crippen molar-refractivity contribution in [2.45, 2.75) is 30.7 Å². The third-order valence-electron chi connectivity index (χ3n) is 2.96. The van der Waals surface area contributed by atoms with Crippen molar-refractivity contribution >= 4 is 19.9 Å². The molecule has 1 aromatic rings. The van der Waals surface area contributed by atoms with Crippen molar-refractivity contribution in [2.75, 3.05) is 11.5 Å². The van der Waals surface area contributed by atoms with Crippen LogP contribution in [0, 0.1) is 6.92 Å². The molecule has 7 nitrogen and oxygen atoms in total. The Bertz CT molecular complexity index is 662. The normalized spacial score (nSPS) is 27.4. The van der Waals surface area contributed by atoms with Gasteiger partial charge in [0.25, 0.3) is 0 Å². The second kappa shape index (κ2) is 4.04. The highest BCUT2D eigenvalue weighted by atomic mass is 32.2. The summed E-state index contributed by atoms with van der Waals surface area (Å²) in [6, 6.07) is 0. The summed E-state index contributed by atoms with van der Waals surface area (Å²) in [4.78, 5) is 0.0491. The Hall–Kier alpha value is -0.930. The molecule has 2 rings (SSSR count). The predicted octanol–water partition coefficient (Wildman–Crippen LogP) is -0.426. The van der Waals surface area contributed by atoms with Crippen LogP contribution in [0.25, 0.3) is 0 Å². The monoisotopic (exact) mass is 293 g/mol. The second-order valence-corrected chi connectivity index (χ2v) is 8.70. The van der Waals surface area contributed by atoms with Gasteiger partial charge in [0.15, 0.2) is 9.84 Å². The number of nitrogens with zero attached hydrogens (tertiary/aromatic N) is 1. The van der Waals surface area contributed by atoms with Crippen molar-refractivity contribution in [3.63, 3.8) is 0 Å². The Morgan fingerprint density at radius 1 is 1.50 bits per heavy atom. The fraction of sp³-hybridized carbons (Fsp3) is 0.667. The van der Waals surface area contributed by atoms with Crippen molar-refractivity contribution in [1.29, 1.82) is 0 Å². The number of aromatic amines is 1. The van der Waals surface area contributed by atoms with Crippen LogP contribution in [0.1, 0.15) is 19.0 Å². The molecule has 1 aromatic heterocycles. The van der Waals surface area contributed by atoms with Gasteiger partial charge in [-0.25, -0.2) is 21.6 Å². The van der Waals surface area contributed by atoms with Gasteiger partial charge in [-0.2, -0.15) is 5.10 Å². The number of H-pyrrole nitrogens is 1. The highest BCUT2D eigenvalue weighted by Crippen LogP contribution is 2.25. The Morgan fingerprint density at radius 2 is 2.17 bits per heavy atom. The molecule has 0 amide bonds. The van der Waals surface area contributed by atoms with Crippen LogP contribution < -0.4 is 4.72 Å². The minimum Gasteiger partial charge on any atom is -0.281 e. The number of sulfonamides is 1. The summed E-state index contributed by atoms with van der Waals surface area (Å²) >= 11 is 0. The van der Waals surface area contributed by atoms with E-state index < -0.39 is 25.4 Å². The van der Waals surface area contributed by atoms with E-state index in [1.165, 1.54) is 6.20 Å². The molecule has 0 spiro atoms. The Labute approximate surface area is 106 Å². The van der Waals surface area contributed by atoms with E-state index in [4.69, 9.17) is 0 Å². The maximum atomic E-state index is 12.1. The molecule has 0 bridgehead atoms. The van der Waals surface area contributed by atoms with E-state index in [0.717, 1.165) is 0 Å². The van der Waals surface area contributed by atoms with Crippen LogP contribution in [0.2, 0.25) is 0 Å². The topological polar surface area (TPSA) is 109 Å². The fourth-order valence-electron chi connectivity index (χ4n) is 2.08. The number of sulfone groups is 1. The lowest BCUT2D eigenvalue weighted by atomic mass is 10.0. The highest BCUT2D eigenvalue weighted by Gasteiger charge is 2.41. The van der Waals surface area contributed by atoms with Crippen LogP contribution in [0.3, 0.4) is 0 Å². The fourth-order valence-corrected chi connectivity index (χ4v) is 5.84. The third kappa shape index (κ3) is 2.57. The van der Waals surface area contributed by atoms with Gasteiger partial charge in [-0.3, -0.25) is 5.10 Å². The lowest BCUT2D eigenvalue weighted by Gasteiger charge is -2.23. The van der Waals surface area contributed by atoms with Crippen molar-refractivity contribution in [3.8, 4) is 0 Å². The van der Waals surface area contributed by atoms with Gasteiger partial charge in [-0.05, 0) is 20.3 Å². The minimum absolute atomic E-state index is 0.0103. The second-order valence-electron chi connectivity index (χ2n) is 4.87. The quantitative estimate of drug-likeness (QED) is 0.786.